The topological polar surface area (TPSA) is 59.1 Å². The summed E-state index contributed by atoms with van der Waals surface area (Å²) in [5.74, 6) is 1.06. The molecule has 0 saturated carbocycles. The largest absolute Gasteiger partial charge is 0.497 e. The maximum atomic E-state index is 13.6. The van der Waals surface area contributed by atoms with E-state index >= 15 is 0 Å². The molecule has 0 saturated heterocycles. The van der Waals surface area contributed by atoms with E-state index in [4.69, 9.17) is 21.1 Å². The Morgan fingerprint density at radius 2 is 2.00 bits per heavy atom. The van der Waals surface area contributed by atoms with E-state index in [2.05, 4.69) is 11.4 Å². The Morgan fingerprint density at radius 1 is 1.17 bits per heavy atom. The Balaban J connectivity index is 1.52. The second-order valence-electron chi connectivity index (χ2n) is 8.83. The Labute approximate surface area is 221 Å². The normalized spacial score (nSPS) is 14.8. The molecular weight excluding hydrogens is 496 g/mol. The van der Waals surface area contributed by atoms with Gasteiger partial charge in [0, 0.05) is 28.6 Å². The number of carbonyl (C=O) groups is 2. The zero-order valence-corrected chi connectivity index (χ0v) is 22.4. The van der Waals surface area contributed by atoms with Crippen LogP contribution in [0.2, 0.25) is 5.02 Å². The van der Waals surface area contributed by atoms with Crippen molar-refractivity contribution in [3.63, 3.8) is 0 Å². The second kappa shape index (κ2) is 11.8. The molecule has 190 valence electrons. The number of thiophene rings is 1. The number of fused-ring (bicyclic) bond motifs is 1. The number of methoxy groups -OCH3 is 1. The average molecular weight is 527 g/mol. The summed E-state index contributed by atoms with van der Waals surface area (Å²) in [5, 5.41) is 2.75. The van der Waals surface area contributed by atoms with Crippen LogP contribution in [-0.4, -0.2) is 55.0 Å². The van der Waals surface area contributed by atoms with Crippen LogP contribution in [0.4, 0.5) is 0 Å². The van der Waals surface area contributed by atoms with Crippen LogP contribution < -0.4 is 9.47 Å². The molecule has 36 heavy (non-hydrogen) atoms. The van der Waals surface area contributed by atoms with Gasteiger partial charge < -0.3 is 19.3 Å². The Hall–Kier alpha value is -3.03. The first kappa shape index (κ1) is 26.0. The van der Waals surface area contributed by atoms with Gasteiger partial charge in [-0.05, 0) is 78.7 Å². The fourth-order valence-electron chi connectivity index (χ4n) is 4.47. The lowest BCUT2D eigenvalue weighted by Crippen LogP contribution is -2.48. The third kappa shape index (κ3) is 5.85. The quantitative estimate of drug-likeness (QED) is 0.355. The van der Waals surface area contributed by atoms with Gasteiger partial charge in [0.15, 0.2) is 0 Å². The van der Waals surface area contributed by atoms with E-state index < -0.39 is 0 Å². The van der Waals surface area contributed by atoms with Gasteiger partial charge in [-0.1, -0.05) is 24.6 Å². The molecule has 2 aromatic carbocycles. The highest BCUT2D eigenvalue weighted by atomic mass is 35.5. The first-order valence-corrected chi connectivity index (χ1v) is 13.3. The molecule has 0 unspecified atom stereocenters. The standard InChI is InChI=1S/C28H31ClN2O4S/c1-4-12-30(28(33)20-6-5-7-21(16-20)34-3)17-27(32)31-13-10-26-23(11-14-36-26)25(31)18-35-22-8-9-24(29)19(2)15-22/h5-9,11,14-16,25H,4,10,12-13,17-18H2,1-3H3/t25-/m0/s1. The van der Waals surface area contributed by atoms with E-state index in [0.717, 1.165) is 24.0 Å². The van der Waals surface area contributed by atoms with Gasteiger partial charge >= 0.3 is 0 Å². The summed E-state index contributed by atoms with van der Waals surface area (Å²) < 4.78 is 11.4. The monoisotopic (exact) mass is 526 g/mol. The maximum absolute atomic E-state index is 13.6. The lowest BCUT2D eigenvalue weighted by molar-refractivity contribution is -0.135. The van der Waals surface area contributed by atoms with E-state index in [-0.39, 0.29) is 24.4 Å². The number of rotatable bonds is 9. The fraction of sp³-hybridized carbons (Fsp3) is 0.357. The lowest BCUT2D eigenvalue weighted by atomic mass is 10.00. The summed E-state index contributed by atoms with van der Waals surface area (Å²) in [7, 11) is 1.57. The zero-order chi connectivity index (χ0) is 25.7. The number of amides is 2. The van der Waals surface area contributed by atoms with Crippen molar-refractivity contribution in [2.24, 2.45) is 0 Å². The van der Waals surface area contributed by atoms with E-state index in [0.29, 0.717) is 41.8 Å². The zero-order valence-electron chi connectivity index (χ0n) is 20.8. The molecule has 0 N–H and O–H groups in total. The molecule has 0 radical (unpaired) electrons. The first-order chi connectivity index (χ1) is 17.4. The van der Waals surface area contributed by atoms with Gasteiger partial charge in [0.25, 0.3) is 5.91 Å². The first-order valence-electron chi connectivity index (χ1n) is 12.1. The molecule has 4 rings (SSSR count). The van der Waals surface area contributed by atoms with Gasteiger partial charge in [0.2, 0.25) is 5.91 Å². The molecule has 6 nitrogen and oxygen atoms in total. The maximum Gasteiger partial charge on any atom is 0.254 e. The van der Waals surface area contributed by atoms with E-state index in [1.807, 2.05) is 36.9 Å². The highest BCUT2D eigenvalue weighted by molar-refractivity contribution is 7.10. The molecule has 0 aliphatic carbocycles. The number of benzene rings is 2. The van der Waals surface area contributed by atoms with Crippen LogP contribution in [0, 0.1) is 6.92 Å². The Kier molecular flexibility index (Phi) is 8.54. The van der Waals surface area contributed by atoms with Crippen LogP contribution in [0.3, 0.4) is 0 Å². The molecular formula is C28H31ClN2O4S. The predicted molar refractivity (Wildman–Crippen MR) is 143 cm³/mol. The molecule has 1 aromatic heterocycles. The van der Waals surface area contributed by atoms with Crippen LogP contribution in [0.5, 0.6) is 11.5 Å². The second-order valence-corrected chi connectivity index (χ2v) is 10.2. The van der Waals surface area contributed by atoms with Crippen molar-refractivity contribution in [2.45, 2.75) is 32.7 Å². The number of halogens is 1. The predicted octanol–water partition coefficient (Wildman–Crippen LogP) is 5.78. The number of ether oxygens (including phenoxy) is 2. The van der Waals surface area contributed by atoms with Crippen molar-refractivity contribution in [3.05, 3.63) is 80.5 Å². The van der Waals surface area contributed by atoms with Gasteiger partial charge in [0.1, 0.15) is 24.7 Å². The minimum Gasteiger partial charge on any atom is -0.497 e. The van der Waals surface area contributed by atoms with Gasteiger partial charge in [-0.3, -0.25) is 9.59 Å². The van der Waals surface area contributed by atoms with Crippen LogP contribution in [0.1, 0.15) is 45.7 Å². The third-order valence-electron chi connectivity index (χ3n) is 6.38. The molecule has 0 bridgehead atoms. The molecule has 0 fully saturated rings. The van der Waals surface area contributed by atoms with Crippen molar-refractivity contribution in [2.75, 3.05) is 33.4 Å². The van der Waals surface area contributed by atoms with E-state index in [1.54, 1.807) is 47.6 Å². The molecule has 1 atom stereocenters. The van der Waals surface area contributed by atoms with Gasteiger partial charge in [-0.15, -0.1) is 11.3 Å². The lowest BCUT2D eigenvalue weighted by Gasteiger charge is -2.37. The van der Waals surface area contributed by atoms with Crippen LogP contribution >= 0.6 is 22.9 Å². The number of aryl methyl sites for hydroxylation is 1. The van der Waals surface area contributed by atoms with Crippen molar-refractivity contribution in [1.29, 1.82) is 0 Å². The van der Waals surface area contributed by atoms with Crippen molar-refractivity contribution in [3.8, 4) is 11.5 Å². The molecule has 0 spiro atoms. The summed E-state index contributed by atoms with van der Waals surface area (Å²) >= 11 is 7.87. The molecule has 2 heterocycles. The average Bonchev–Trinajstić information content (AvgIpc) is 3.37. The summed E-state index contributed by atoms with van der Waals surface area (Å²) in [5.41, 5.74) is 2.56. The number of hydrogen-bond donors (Lipinski definition) is 0. The Bertz CT molecular complexity index is 1230. The van der Waals surface area contributed by atoms with Gasteiger partial charge in [-0.25, -0.2) is 0 Å². The van der Waals surface area contributed by atoms with Gasteiger partial charge in [-0.2, -0.15) is 0 Å². The van der Waals surface area contributed by atoms with E-state index in [1.165, 1.54) is 4.88 Å². The molecule has 8 heteroatoms. The highest BCUT2D eigenvalue weighted by Crippen LogP contribution is 2.34. The molecule has 2 amide bonds. The van der Waals surface area contributed by atoms with Gasteiger partial charge in [0.05, 0.1) is 13.2 Å². The summed E-state index contributed by atoms with van der Waals surface area (Å²) in [4.78, 5) is 31.7. The number of carbonyl (C=O) groups excluding carboxylic acids is 2. The SMILES string of the molecule is CCCN(CC(=O)N1CCc2sccc2[C@@H]1COc1ccc(Cl)c(C)c1)C(=O)c1cccc(OC)c1. The summed E-state index contributed by atoms with van der Waals surface area (Å²) in [6.45, 7) is 5.36. The Morgan fingerprint density at radius 3 is 2.75 bits per heavy atom. The molecule has 1 aliphatic heterocycles. The fourth-order valence-corrected chi connectivity index (χ4v) is 5.52. The highest BCUT2D eigenvalue weighted by Gasteiger charge is 2.33. The molecule has 1 aliphatic rings. The third-order valence-corrected chi connectivity index (χ3v) is 7.80. The smallest absolute Gasteiger partial charge is 0.254 e. The number of nitrogens with zero attached hydrogens (tertiary/aromatic N) is 2. The van der Waals surface area contributed by atoms with Crippen molar-refractivity contribution >= 4 is 34.8 Å². The minimum absolute atomic E-state index is 0.0138. The van der Waals surface area contributed by atoms with Crippen LogP contribution in [-0.2, 0) is 11.2 Å². The van der Waals surface area contributed by atoms with Crippen LogP contribution in [0.25, 0.3) is 0 Å². The number of hydrogen-bond acceptors (Lipinski definition) is 5. The van der Waals surface area contributed by atoms with E-state index in [9.17, 15) is 9.59 Å². The van der Waals surface area contributed by atoms with Crippen LogP contribution in [0.15, 0.2) is 53.9 Å². The summed E-state index contributed by atoms with van der Waals surface area (Å²) in [6, 6.07) is 14.5. The van der Waals surface area contributed by atoms with Crippen molar-refractivity contribution < 1.29 is 19.1 Å². The summed E-state index contributed by atoms with van der Waals surface area (Å²) in [6.07, 6.45) is 1.55. The van der Waals surface area contributed by atoms with Crippen molar-refractivity contribution in [1.82, 2.24) is 9.80 Å². The minimum atomic E-state index is -0.223. The molecule has 3 aromatic rings.